The van der Waals surface area contributed by atoms with Crippen LogP contribution >= 0.6 is 11.3 Å². The third-order valence-corrected chi connectivity index (χ3v) is 4.18. The van der Waals surface area contributed by atoms with Gasteiger partial charge in [-0.15, -0.1) is 0 Å². The average Bonchev–Trinajstić information content (AvgIpc) is 2.89. The van der Waals surface area contributed by atoms with Gasteiger partial charge in [-0.2, -0.15) is 16.4 Å². The van der Waals surface area contributed by atoms with Gasteiger partial charge in [0.25, 0.3) is 0 Å². The van der Waals surface area contributed by atoms with E-state index in [2.05, 4.69) is 42.3 Å². The monoisotopic (exact) mass is 263 g/mol. The number of hydrogen-bond donors (Lipinski definition) is 1. The summed E-state index contributed by atoms with van der Waals surface area (Å²) < 4.78 is 2.10. The highest BCUT2D eigenvalue weighted by Gasteiger charge is 2.23. The average molecular weight is 263 g/mol. The summed E-state index contributed by atoms with van der Waals surface area (Å²) in [5, 5.41) is 8.96. The molecule has 98 valence electrons. The van der Waals surface area contributed by atoms with Gasteiger partial charge in [-0.3, -0.25) is 4.68 Å². The summed E-state index contributed by atoms with van der Waals surface area (Å²) in [6.45, 7) is 8.44. The Balaban J connectivity index is 2.50. The molecule has 0 aliphatic carbocycles. The molecule has 0 saturated carbocycles. The quantitative estimate of drug-likeness (QED) is 0.921. The maximum atomic E-state index is 6.17. The Bertz CT molecular complexity index is 511. The third kappa shape index (κ3) is 2.22. The van der Waals surface area contributed by atoms with Gasteiger partial charge < -0.3 is 5.73 Å². The van der Waals surface area contributed by atoms with Crippen LogP contribution in [0.15, 0.2) is 16.8 Å². The molecule has 18 heavy (non-hydrogen) atoms. The SMILES string of the molecule is CCc1c(C)nn(C(c2ccsc2)C(C)N)c1C. The predicted molar refractivity (Wildman–Crippen MR) is 77.2 cm³/mol. The fourth-order valence-electron chi connectivity index (χ4n) is 2.59. The van der Waals surface area contributed by atoms with Gasteiger partial charge in [-0.05, 0) is 55.1 Å². The van der Waals surface area contributed by atoms with Crippen LogP contribution in [-0.4, -0.2) is 15.8 Å². The Morgan fingerprint density at radius 1 is 1.44 bits per heavy atom. The fourth-order valence-corrected chi connectivity index (χ4v) is 3.28. The first-order chi connectivity index (χ1) is 8.56. The summed E-state index contributed by atoms with van der Waals surface area (Å²) in [7, 11) is 0. The molecular formula is C14H21N3S. The molecule has 0 fully saturated rings. The van der Waals surface area contributed by atoms with Crippen molar-refractivity contribution in [1.29, 1.82) is 0 Å². The number of thiophene rings is 1. The maximum absolute atomic E-state index is 6.17. The van der Waals surface area contributed by atoms with E-state index in [-0.39, 0.29) is 12.1 Å². The molecule has 0 aliphatic heterocycles. The number of aryl methyl sites for hydroxylation is 1. The molecule has 0 spiro atoms. The molecule has 4 heteroatoms. The molecule has 0 bridgehead atoms. The highest BCUT2D eigenvalue weighted by Crippen LogP contribution is 2.26. The molecule has 0 saturated heterocycles. The van der Waals surface area contributed by atoms with Crippen molar-refractivity contribution in [2.75, 3.05) is 0 Å². The van der Waals surface area contributed by atoms with Crippen LogP contribution in [0.1, 0.15) is 42.4 Å². The van der Waals surface area contributed by atoms with Crippen LogP contribution in [0.25, 0.3) is 0 Å². The molecule has 2 N–H and O–H groups in total. The molecule has 2 aromatic heterocycles. The largest absolute Gasteiger partial charge is 0.326 e. The van der Waals surface area contributed by atoms with Crippen molar-refractivity contribution in [2.24, 2.45) is 5.73 Å². The lowest BCUT2D eigenvalue weighted by Crippen LogP contribution is -2.31. The van der Waals surface area contributed by atoms with Crippen LogP contribution in [0, 0.1) is 13.8 Å². The molecule has 2 atom stereocenters. The zero-order chi connectivity index (χ0) is 13.3. The van der Waals surface area contributed by atoms with Gasteiger partial charge in [0.15, 0.2) is 0 Å². The molecule has 2 unspecified atom stereocenters. The van der Waals surface area contributed by atoms with E-state index in [4.69, 9.17) is 10.8 Å². The lowest BCUT2D eigenvalue weighted by Gasteiger charge is -2.22. The normalized spacial score (nSPS) is 14.7. The number of hydrogen-bond acceptors (Lipinski definition) is 3. The minimum atomic E-state index is 0.0438. The minimum Gasteiger partial charge on any atom is -0.326 e. The summed E-state index contributed by atoms with van der Waals surface area (Å²) in [6.07, 6.45) is 1.02. The maximum Gasteiger partial charge on any atom is 0.0927 e. The molecule has 0 aliphatic rings. The second-order valence-corrected chi connectivity index (χ2v) is 5.59. The van der Waals surface area contributed by atoms with Crippen LogP contribution in [0.2, 0.25) is 0 Å². The van der Waals surface area contributed by atoms with E-state index in [1.54, 1.807) is 11.3 Å². The summed E-state index contributed by atoms with van der Waals surface area (Å²) in [5.41, 5.74) is 11.1. The first-order valence-electron chi connectivity index (χ1n) is 6.38. The Kier molecular flexibility index (Phi) is 3.88. The Labute approximate surface area is 113 Å². The van der Waals surface area contributed by atoms with Crippen LogP contribution in [0.4, 0.5) is 0 Å². The van der Waals surface area contributed by atoms with Crippen molar-refractivity contribution >= 4 is 11.3 Å². The molecule has 0 radical (unpaired) electrons. The number of rotatable bonds is 4. The van der Waals surface area contributed by atoms with Gasteiger partial charge in [0, 0.05) is 11.7 Å². The van der Waals surface area contributed by atoms with Crippen molar-refractivity contribution in [1.82, 2.24) is 9.78 Å². The van der Waals surface area contributed by atoms with Gasteiger partial charge in [-0.1, -0.05) is 6.92 Å². The van der Waals surface area contributed by atoms with E-state index >= 15 is 0 Å². The highest BCUT2D eigenvalue weighted by atomic mass is 32.1. The van der Waals surface area contributed by atoms with Crippen LogP contribution in [0.3, 0.4) is 0 Å². The van der Waals surface area contributed by atoms with Gasteiger partial charge >= 0.3 is 0 Å². The standard InChI is InChI=1S/C14H21N3S/c1-5-13-10(3)16-17(11(13)4)14(9(2)15)12-6-7-18-8-12/h6-9,14H,5,15H2,1-4H3. The topological polar surface area (TPSA) is 43.8 Å². The predicted octanol–water partition coefficient (Wildman–Crippen LogP) is 3.06. The van der Waals surface area contributed by atoms with E-state index in [1.165, 1.54) is 16.8 Å². The molecule has 3 nitrogen and oxygen atoms in total. The third-order valence-electron chi connectivity index (χ3n) is 3.47. The van der Waals surface area contributed by atoms with Gasteiger partial charge in [0.05, 0.1) is 11.7 Å². The zero-order valence-corrected chi connectivity index (χ0v) is 12.3. The number of nitrogens with two attached hydrogens (primary N) is 1. The minimum absolute atomic E-state index is 0.0438. The number of aromatic nitrogens is 2. The molecule has 2 rings (SSSR count). The van der Waals surface area contributed by atoms with Crippen molar-refractivity contribution in [3.05, 3.63) is 39.3 Å². The van der Waals surface area contributed by atoms with Gasteiger partial charge in [0.1, 0.15) is 0 Å². The summed E-state index contributed by atoms with van der Waals surface area (Å²) in [6, 6.07) is 2.32. The van der Waals surface area contributed by atoms with Crippen LogP contribution < -0.4 is 5.73 Å². The molecule has 0 amide bonds. The number of nitrogens with zero attached hydrogens (tertiary/aromatic N) is 2. The second kappa shape index (κ2) is 5.24. The van der Waals surface area contributed by atoms with Gasteiger partial charge in [-0.25, -0.2) is 0 Å². The first-order valence-corrected chi connectivity index (χ1v) is 7.32. The van der Waals surface area contributed by atoms with E-state index in [0.29, 0.717) is 0 Å². The Hall–Kier alpha value is -1.13. The summed E-state index contributed by atoms with van der Waals surface area (Å²) in [5.74, 6) is 0. The van der Waals surface area contributed by atoms with E-state index in [9.17, 15) is 0 Å². The lowest BCUT2D eigenvalue weighted by atomic mass is 10.0. The van der Waals surface area contributed by atoms with Crippen LogP contribution in [0.5, 0.6) is 0 Å². The second-order valence-electron chi connectivity index (χ2n) is 4.81. The van der Waals surface area contributed by atoms with Gasteiger partial charge in [0.2, 0.25) is 0 Å². The van der Waals surface area contributed by atoms with Crippen molar-refractivity contribution in [3.8, 4) is 0 Å². The van der Waals surface area contributed by atoms with E-state index in [0.717, 1.165) is 12.1 Å². The Morgan fingerprint density at radius 3 is 2.61 bits per heavy atom. The zero-order valence-electron chi connectivity index (χ0n) is 11.5. The van der Waals surface area contributed by atoms with Crippen molar-refractivity contribution < 1.29 is 0 Å². The van der Waals surface area contributed by atoms with E-state index < -0.39 is 0 Å². The van der Waals surface area contributed by atoms with Crippen molar-refractivity contribution in [3.63, 3.8) is 0 Å². The molecule has 2 heterocycles. The summed E-state index contributed by atoms with van der Waals surface area (Å²) in [4.78, 5) is 0. The summed E-state index contributed by atoms with van der Waals surface area (Å²) >= 11 is 1.71. The molecular weight excluding hydrogens is 242 g/mol. The Morgan fingerprint density at radius 2 is 2.17 bits per heavy atom. The molecule has 0 aromatic carbocycles. The smallest absolute Gasteiger partial charge is 0.0927 e. The molecule has 2 aromatic rings. The lowest BCUT2D eigenvalue weighted by molar-refractivity contribution is 0.444. The highest BCUT2D eigenvalue weighted by molar-refractivity contribution is 7.07. The first kappa shape index (κ1) is 13.3. The van der Waals surface area contributed by atoms with E-state index in [1.807, 2.05) is 6.92 Å². The van der Waals surface area contributed by atoms with Crippen molar-refractivity contribution in [2.45, 2.75) is 46.2 Å². The van der Waals surface area contributed by atoms with Crippen LogP contribution in [-0.2, 0) is 6.42 Å². The fraction of sp³-hybridized carbons (Fsp3) is 0.500.